The Morgan fingerprint density at radius 2 is 2.09 bits per heavy atom. The van der Waals surface area contributed by atoms with Crippen LogP contribution in [0, 0.1) is 0 Å². The third-order valence-corrected chi connectivity index (χ3v) is 2.51. The molecule has 11 heavy (non-hydrogen) atoms. The first kappa shape index (κ1) is 10.9. The molecule has 1 nitrogen and oxygen atoms in total. The number of hydrogen-bond acceptors (Lipinski definition) is 1. The lowest BCUT2D eigenvalue weighted by Gasteiger charge is -1.95. The van der Waals surface area contributed by atoms with Crippen molar-refractivity contribution in [3.05, 3.63) is 22.1 Å². The second-order valence-electron chi connectivity index (χ2n) is 2.19. The van der Waals surface area contributed by atoms with Crippen molar-refractivity contribution in [3.63, 3.8) is 0 Å². The van der Waals surface area contributed by atoms with E-state index in [0.717, 1.165) is 11.3 Å². The minimum atomic E-state index is -0.862. The molecule has 0 saturated heterocycles. The van der Waals surface area contributed by atoms with Gasteiger partial charge in [0.25, 0.3) is 0 Å². The van der Waals surface area contributed by atoms with Gasteiger partial charge in [0, 0.05) is 27.0 Å². The SMILES string of the molecule is CC/C(=C\C=C(/C)Cl)S(C)=O. The first-order valence-electron chi connectivity index (χ1n) is 3.44. The van der Waals surface area contributed by atoms with Gasteiger partial charge < -0.3 is 0 Å². The maximum absolute atomic E-state index is 11.0. The zero-order valence-corrected chi connectivity index (χ0v) is 8.63. The Balaban J connectivity index is 4.37. The molecule has 64 valence electrons. The minimum absolute atomic E-state index is 0.710. The van der Waals surface area contributed by atoms with Gasteiger partial charge in [-0.2, -0.15) is 0 Å². The van der Waals surface area contributed by atoms with Crippen molar-refractivity contribution in [2.45, 2.75) is 20.3 Å². The van der Waals surface area contributed by atoms with Crippen LogP contribution in [-0.4, -0.2) is 10.5 Å². The van der Waals surface area contributed by atoms with Crippen molar-refractivity contribution in [2.75, 3.05) is 6.26 Å². The predicted molar refractivity (Wildman–Crippen MR) is 52.1 cm³/mol. The molecule has 0 aliphatic rings. The third-order valence-electron chi connectivity index (χ3n) is 1.22. The Hall–Kier alpha value is -0.0800. The van der Waals surface area contributed by atoms with Gasteiger partial charge in [-0.3, -0.25) is 4.21 Å². The van der Waals surface area contributed by atoms with E-state index in [1.54, 1.807) is 19.3 Å². The highest BCUT2D eigenvalue weighted by Crippen LogP contribution is 2.07. The van der Waals surface area contributed by atoms with E-state index in [-0.39, 0.29) is 0 Å². The van der Waals surface area contributed by atoms with E-state index in [0.29, 0.717) is 5.03 Å². The van der Waals surface area contributed by atoms with Crippen LogP contribution < -0.4 is 0 Å². The van der Waals surface area contributed by atoms with Gasteiger partial charge in [0.05, 0.1) is 0 Å². The van der Waals surface area contributed by atoms with Gasteiger partial charge in [-0.05, 0) is 25.5 Å². The first-order chi connectivity index (χ1) is 5.07. The van der Waals surface area contributed by atoms with Crippen molar-refractivity contribution in [1.29, 1.82) is 0 Å². The van der Waals surface area contributed by atoms with Gasteiger partial charge in [0.1, 0.15) is 0 Å². The molecule has 0 saturated carbocycles. The highest BCUT2D eigenvalue weighted by Gasteiger charge is 1.95. The van der Waals surface area contributed by atoms with Crippen LogP contribution in [0.25, 0.3) is 0 Å². The summed E-state index contributed by atoms with van der Waals surface area (Å²) < 4.78 is 11.0. The molecule has 1 unspecified atom stereocenters. The van der Waals surface area contributed by atoms with Crippen LogP contribution in [0.5, 0.6) is 0 Å². The van der Waals surface area contributed by atoms with E-state index in [2.05, 4.69) is 0 Å². The van der Waals surface area contributed by atoms with Crippen LogP contribution in [0.1, 0.15) is 20.3 Å². The molecule has 0 aromatic heterocycles. The van der Waals surface area contributed by atoms with Crippen molar-refractivity contribution in [2.24, 2.45) is 0 Å². The molecule has 0 aliphatic heterocycles. The maximum Gasteiger partial charge on any atom is 0.0456 e. The molecule has 0 bridgehead atoms. The summed E-state index contributed by atoms with van der Waals surface area (Å²) >= 11 is 5.60. The monoisotopic (exact) mass is 192 g/mol. The average Bonchev–Trinajstić information content (AvgIpc) is 1.87. The quantitative estimate of drug-likeness (QED) is 0.629. The Labute approximate surface area is 75.6 Å². The van der Waals surface area contributed by atoms with Crippen LogP contribution in [0.15, 0.2) is 22.1 Å². The number of hydrogen-bond donors (Lipinski definition) is 0. The van der Waals surface area contributed by atoms with Gasteiger partial charge in [-0.1, -0.05) is 18.5 Å². The largest absolute Gasteiger partial charge is 0.255 e. The molecule has 0 spiro atoms. The molecule has 0 aromatic rings. The van der Waals surface area contributed by atoms with Crippen LogP contribution in [0.3, 0.4) is 0 Å². The van der Waals surface area contributed by atoms with Gasteiger partial charge >= 0.3 is 0 Å². The first-order valence-corrected chi connectivity index (χ1v) is 5.38. The summed E-state index contributed by atoms with van der Waals surface area (Å²) in [6.45, 7) is 3.77. The van der Waals surface area contributed by atoms with Gasteiger partial charge in [0.15, 0.2) is 0 Å². The van der Waals surface area contributed by atoms with Crippen molar-refractivity contribution < 1.29 is 4.21 Å². The fraction of sp³-hybridized carbons (Fsp3) is 0.500. The van der Waals surface area contributed by atoms with Gasteiger partial charge in [0.2, 0.25) is 0 Å². The molecule has 3 heteroatoms. The van der Waals surface area contributed by atoms with Crippen LogP contribution in [0.4, 0.5) is 0 Å². The van der Waals surface area contributed by atoms with Gasteiger partial charge in [-0.25, -0.2) is 0 Å². The summed E-state index contributed by atoms with van der Waals surface area (Å²) in [5.41, 5.74) is 0. The predicted octanol–water partition coefficient (Wildman–Crippen LogP) is 2.80. The van der Waals surface area contributed by atoms with E-state index in [9.17, 15) is 4.21 Å². The molecule has 0 radical (unpaired) electrons. The summed E-state index contributed by atoms with van der Waals surface area (Å²) in [6, 6.07) is 0. The van der Waals surface area contributed by atoms with E-state index in [1.807, 2.05) is 13.0 Å². The number of rotatable bonds is 3. The minimum Gasteiger partial charge on any atom is -0.255 e. The van der Waals surface area contributed by atoms with Crippen molar-refractivity contribution in [1.82, 2.24) is 0 Å². The molecular weight excluding hydrogens is 180 g/mol. The summed E-state index contributed by atoms with van der Waals surface area (Å²) in [7, 11) is -0.862. The number of allylic oxidation sites excluding steroid dienone is 4. The van der Waals surface area contributed by atoms with E-state index in [4.69, 9.17) is 11.6 Å². The second-order valence-corrected chi connectivity index (χ2v) is 4.22. The number of halogens is 1. The average molecular weight is 193 g/mol. The van der Waals surface area contributed by atoms with E-state index in [1.165, 1.54) is 0 Å². The fourth-order valence-electron chi connectivity index (χ4n) is 0.625. The third kappa shape index (κ3) is 5.22. The topological polar surface area (TPSA) is 17.1 Å². The molecule has 0 heterocycles. The fourth-order valence-corrected chi connectivity index (χ4v) is 1.35. The molecule has 0 N–H and O–H groups in total. The summed E-state index contributed by atoms with van der Waals surface area (Å²) in [5, 5.41) is 0.710. The Morgan fingerprint density at radius 3 is 2.36 bits per heavy atom. The Kier molecular flexibility index (Phi) is 5.51. The van der Waals surface area contributed by atoms with Crippen LogP contribution >= 0.6 is 11.6 Å². The Morgan fingerprint density at radius 1 is 1.55 bits per heavy atom. The molecule has 0 amide bonds. The summed E-state index contributed by atoms with van der Waals surface area (Å²) in [5.74, 6) is 0. The maximum atomic E-state index is 11.0. The molecule has 0 fully saturated rings. The zero-order chi connectivity index (χ0) is 8.85. The zero-order valence-electron chi connectivity index (χ0n) is 7.06. The van der Waals surface area contributed by atoms with E-state index < -0.39 is 10.8 Å². The van der Waals surface area contributed by atoms with E-state index >= 15 is 0 Å². The molecule has 0 aliphatic carbocycles. The Bertz CT molecular complexity index is 202. The van der Waals surface area contributed by atoms with Crippen LogP contribution in [0.2, 0.25) is 0 Å². The van der Waals surface area contributed by atoms with Gasteiger partial charge in [-0.15, -0.1) is 0 Å². The lowest BCUT2D eigenvalue weighted by molar-refractivity contribution is 0.689. The molecule has 1 atom stereocenters. The smallest absolute Gasteiger partial charge is 0.0456 e. The van der Waals surface area contributed by atoms with Crippen molar-refractivity contribution in [3.8, 4) is 0 Å². The molecule has 0 rings (SSSR count). The molecular formula is C8H13ClOS. The normalized spacial score (nSPS) is 16.7. The lowest BCUT2D eigenvalue weighted by atomic mass is 10.4. The standard InChI is InChI=1S/C8H13ClOS/c1-4-8(11(3)10)6-5-7(2)9/h5-6H,4H2,1-3H3/b7-5+,8-6+. The van der Waals surface area contributed by atoms with Crippen LogP contribution in [-0.2, 0) is 10.8 Å². The highest BCUT2D eigenvalue weighted by atomic mass is 35.5. The summed E-state index contributed by atoms with van der Waals surface area (Å²) in [4.78, 5) is 0.921. The second kappa shape index (κ2) is 5.56. The highest BCUT2D eigenvalue weighted by molar-refractivity contribution is 7.88. The lowest BCUT2D eigenvalue weighted by Crippen LogP contribution is -1.88. The van der Waals surface area contributed by atoms with Crippen molar-refractivity contribution >= 4 is 22.4 Å². The molecule has 0 aromatic carbocycles. The summed E-state index contributed by atoms with van der Waals surface area (Å²) in [6.07, 6.45) is 6.07.